The fourth-order valence-corrected chi connectivity index (χ4v) is 4.92. The third kappa shape index (κ3) is 3.43. The number of thiazole rings is 1. The number of benzene rings is 4. The third-order valence-electron chi connectivity index (χ3n) is 4.86. The van der Waals surface area contributed by atoms with Gasteiger partial charge in [0, 0.05) is 27.2 Å². The number of anilines is 1. The van der Waals surface area contributed by atoms with Crippen molar-refractivity contribution in [2.24, 2.45) is 0 Å². The van der Waals surface area contributed by atoms with Crippen LogP contribution < -0.4 is 5.32 Å². The second kappa shape index (κ2) is 7.73. The zero-order chi connectivity index (χ0) is 20.7. The van der Waals surface area contributed by atoms with E-state index in [-0.39, 0.29) is 5.91 Å². The third-order valence-corrected chi connectivity index (χ3v) is 6.59. The van der Waals surface area contributed by atoms with Gasteiger partial charge in [-0.3, -0.25) is 4.79 Å². The summed E-state index contributed by atoms with van der Waals surface area (Å²) < 4.78 is 1.09. The van der Waals surface area contributed by atoms with E-state index in [1.165, 1.54) is 0 Å². The van der Waals surface area contributed by atoms with Crippen LogP contribution in [0, 0.1) is 0 Å². The van der Waals surface area contributed by atoms with E-state index in [0.29, 0.717) is 21.3 Å². The predicted molar refractivity (Wildman–Crippen MR) is 127 cm³/mol. The lowest BCUT2D eigenvalue weighted by molar-refractivity contribution is 0.102. The molecule has 3 nitrogen and oxygen atoms in total. The standard InChI is InChI=1S/C24H14Cl2N2OS/c25-19-8-4-5-15-16(19)6-3-7-17(15)23(29)27-14-11-12-20(26)18(13-14)24-28-21-9-1-2-10-22(21)30-24/h1-13H,(H,27,29). The number of hydrogen-bond acceptors (Lipinski definition) is 3. The lowest BCUT2D eigenvalue weighted by Gasteiger charge is -2.10. The van der Waals surface area contributed by atoms with Gasteiger partial charge in [0.25, 0.3) is 5.91 Å². The topological polar surface area (TPSA) is 42.0 Å². The van der Waals surface area contributed by atoms with E-state index in [0.717, 1.165) is 31.6 Å². The summed E-state index contributed by atoms with van der Waals surface area (Å²) in [5, 5.41) is 6.65. The minimum absolute atomic E-state index is 0.208. The molecule has 0 aliphatic carbocycles. The Bertz CT molecular complexity index is 1390. The Balaban J connectivity index is 1.51. The second-order valence-corrected chi connectivity index (χ2v) is 8.62. The first-order chi connectivity index (χ1) is 14.6. The molecule has 6 heteroatoms. The molecule has 5 rings (SSSR count). The summed E-state index contributed by atoms with van der Waals surface area (Å²) in [6.07, 6.45) is 0. The van der Waals surface area contributed by atoms with Gasteiger partial charge in [0.05, 0.1) is 15.2 Å². The Hall–Kier alpha value is -2.92. The molecule has 0 aliphatic rings. The monoisotopic (exact) mass is 448 g/mol. The molecule has 1 amide bonds. The van der Waals surface area contributed by atoms with E-state index in [4.69, 9.17) is 23.2 Å². The van der Waals surface area contributed by atoms with E-state index in [2.05, 4.69) is 10.3 Å². The van der Waals surface area contributed by atoms with Gasteiger partial charge in [0.15, 0.2) is 0 Å². The maximum absolute atomic E-state index is 13.0. The molecule has 1 N–H and O–H groups in total. The van der Waals surface area contributed by atoms with Gasteiger partial charge in [0.1, 0.15) is 5.01 Å². The van der Waals surface area contributed by atoms with Crippen molar-refractivity contribution in [1.29, 1.82) is 0 Å². The van der Waals surface area contributed by atoms with Crippen molar-refractivity contribution in [2.75, 3.05) is 5.32 Å². The number of nitrogens with zero attached hydrogens (tertiary/aromatic N) is 1. The van der Waals surface area contributed by atoms with E-state index in [1.807, 2.05) is 60.7 Å². The lowest BCUT2D eigenvalue weighted by atomic mass is 10.0. The number of nitrogens with one attached hydrogen (secondary N) is 1. The maximum atomic E-state index is 13.0. The summed E-state index contributed by atoms with van der Waals surface area (Å²) in [7, 11) is 0. The SMILES string of the molecule is O=C(Nc1ccc(Cl)c(-c2nc3ccccc3s2)c1)c1cccc2c(Cl)cccc12. The average molecular weight is 449 g/mol. The highest BCUT2D eigenvalue weighted by atomic mass is 35.5. The smallest absolute Gasteiger partial charge is 0.256 e. The van der Waals surface area contributed by atoms with Crippen LogP contribution in [0.2, 0.25) is 10.0 Å². The molecule has 0 radical (unpaired) electrons. The van der Waals surface area contributed by atoms with Crippen LogP contribution in [-0.2, 0) is 0 Å². The highest BCUT2D eigenvalue weighted by Crippen LogP contribution is 2.36. The molecule has 0 aliphatic heterocycles. The number of fused-ring (bicyclic) bond motifs is 2. The minimum Gasteiger partial charge on any atom is -0.322 e. The number of rotatable bonds is 3. The molecule has 0 saturated heterocycles. The summed E-state index contributed by atoms with van der Waals surface area (Å²) in [5.74, 6) is -0.208. The first-order valence-electron chi connectivity index (χ1n) is 9.24. The van der Waals surface area contributed by atoms with Crippen molar-refractivity contribution in [3.8, 4) is 10.6 Å². The number of para-hydroxylation sites is 1. The summed E-state index contributed by atoms with van der Waals surface area (Å²) >= 11 is 14.3. The van der Waals surface area contributed by atoms with Crippen LogP contribution in [0.15, 0.2) is 78.9 Å². The summed E-state index contributed by atoms with van der Waals surface area (Å²) in [6, 6.07) is 24.4. The van der Waals surface area contributed by atoms with Crippen LogP contribution in [0.1, 0.15) is 10.4 Å². The number of hydrogen-bond donors (Lipinski definition) is 1. The largest absolute Gasteiger partial charge is 0.322 e. The number of halogens is 2. The van der Waals surface area contributed by atoms with Crippen molar-refractivity contribution in [3.63, 3.8) is 0 Å². The molecule has 0 atom stereocenters. The first-order valence-corrected chi connectivity index (χ1v) is 10.8. The van der Waals surface area contributed by atoms with E-state index >= 15 is 0 Å². The summed E-state index contributed by atoms with van der Waals surface area (Å²) in [5.41, 5.74) is 2.93. The van der Waals surface area contributed by atoms with E-state index in [9.17, 15) is 4.79 Å². The van der Waals surface area contributed by atoms with Crippen LogP contribution in [0.5, 0.6) is 0 Å². The number of carbonyl (C=O) groups excluding carboxylic acids is 1. The Morgan fingerprint density at radius 2 is 1.63 bits per heavy atom. The molecular formula is C24H14Cl2N2OS. The highest BCUT2D eigenvalue weighted by molar-refractivity contribution is 7.21. The molecule has 0 saturated carbocycles. The van der Waals surface area contributed by atoms with Crippen molar-refractivity contribution in [1.82, 2.24) is 4.98 Å². The van der Waals surface area contributed by atoms with Crippen molar-refractivity contribution in [3.05, 3.63) is 94.5 Å². The van der Waals surface area contributed by atoms with E-state index in [1.54, 1.807) is 29.5 Å². The van der Waals surface area contributed by atoms with Crippen LogP contribution >= 0.6 is 34.5 Å². The Morgan fingerprint density at radius 3 is 2.50 bits per heavy atom. The second-order valence-electron chi connectivity index (χ2n) is 6.78. The molecule has 1 heterocycles. The maximum Gasteiger partial charge on any atom is 0.256 e. The average Bonchev–Trinajstić information content (AvgIpc) is 3.19. The fourth-order valence-electron chi connectivity index (χ4n) is 3.42. The number of aromatic nitrogens is 1. The lowest BCUT2D eigenvalue weighted by Crippen LogP contribution is -2.12. The summed E-state index contributed by atoms with van der Waals surface area (Å²) in [4.78, 5) is 17.7. The normalized spacial score (nSPS) is 11.1. The minimum atomic E-state index is -0.208. The Morgan fingerprint density at radius 1 is 0.833 bits per heavy atom. The van der Waals surface area contributed by atoms with Crippen molar-refractivity contribution in [2.45, 2.75) is 0 Å². The zero-order valence-electron chi connectivity index (χ0n) is 15.5. The van der Waals surface area contributed by atoms with Crippen molar-refractivity contribution < 1.29 is 4.79 Å². The molecule has 0 unspecified atom stereocenters. The van der Waals surface area contributed by atoms with Gasteiger partial charge < -0.3 is 5.32 Å². The molecule has 30 heavy (non-hydrogen) atoms. The van der Waals surface area contributed by atoms with Crippen LogP contribution in [0.3, 0.4) is 0 Å². The van der Waals surface area contributed by atoms with Crippen molar-refractivity contribution >= 4 is 67.1 Å². The number of carbonyl (C=O) groups is 1. The molecule has 0 fully saturated rings. The van der Waals surface area contributed by atoms with Gasteiger partial charge in [-0.2, -0.15) is 0 Å². The number of amides is 1. The Kier molecular flexibility index (Phi) is 4.91. The zero-order valence-corrected chi connectivity index (χ0v) is 17.9. The van der Waals surface area contributed by atoms with Crippen LogP contribution in [0.4, 0.5) is 5.69 Å². The first kappa shape index (κ1) is 19.1. The highest BCUT2D eigenvalue weighted by Gasteiger charge is 2.14. The van der Waals surface area contributed by atoms with Crippen LogP contribution in [0.25, 0.3) is 31.6 Å². The molecule has 5 aromatic rings. The van der Waals surface area contributed by atoms with Gasteiger partial charge in [-0.1, -0.05) is 59.6 Å². The van der Waals surface area contributed by atoms with Gasteiger partial charge in [0.2, 0.25) is 0 Å². The van der Waals surface area contributed by atoms with Crippen LogP contribution in [-0.4, -0.2) is 10.9 Å². The molecule has 0 bridgehead atoms. The quantitative estimate of drug-likeness (QED) is 0.307. The van der Waals surface area contributed by atoms with Gasteiger partial charge >= 0.3 is 0 Å². The van der Waals surface area contributed by atoms with E-state index < -0.39 is 0 Å². The molecular weight excluding hydrogens is 435 g/mol. The Labute approximate surface area is 186 Å². The summed E-state index contributed by atoms with van der Waals surface area (Å²) in [6.45, 7) is 0. The van der Waals surface area contributed by atoms with Gasteiger partial charge in [-0.15, -0.1) is 11.3 Å². The molecule has 4 aromatic carbocycles. The van der Waals surface area contributed by atoms with Gasteiger partial charge in [-0.05, 0) is 47.9 Å². The molecule has 146 valence electrons. The fraction of sp³-hybridized carbons (Fsp3) is 0. The molecule has 1 aromatic heterocycles. The predicted octanol–water partition coefficient (Wildman–Crippen LogP) is 7.68. The molecule has 0 spiro atoms. The van der Waals surface area contributed by atoms with Gasteiger partial charge in [-0.25, -0.2) is 4.98 Å².